The summed E-state index contributed by atoms with van der Waals surface area (Å²) in [6.45, 7) is 14.6. The van der Waals surface area contributed by atoms with E-state index < -0.39 is 0 Å². The molecule has 0 N–H and O–H groups in total. The zero-order valence-electron chi connectivity index (χ0n) is 22.3. The molecule has 0 aromatic heterocycles. The van der Waals surface area contributed by atoms with Gasteiger partial charge >= 0.3 is 0 Å². The van der Waals surface area contributed by atoms with Gasteiger partial charge < -0.3 is 9.64 Å². The largest absolute Gasteiger partial charge is 0.483 e. The van der Waals surface area contributed by atoms with E-state index in [1.807, 2.05) is 35.2 Å². The van der Waals surface area contributed by atoms with E-state index in [0.29, 0.717) is 23.4 Å². The van der Waals surface area contributed by atoms with Crippen molar-refractivity contribution >= 4 is 17.5 Å². The standard InChI is InChI=1S/C29H41ClFN3O2/c1-6-8-21(3)32(7-2)19-25-15-26(30)11-14-28(25)36-20-29(35)34-17-22(4)33(16-23(34)5)18-24-9-12-27(31)13-10-24/h9-15,21-23H,6-8,16-20H2,1-5H3. The van der Waals surface area contributed by atoms with Crippen LogP contribution in [-0.4, -0.2) is 65.0 Å². The molecule has 7 heteroatoms. The lowest BCUT2D eigenvalue weighted by molar-refractivity contribution is -0.139. The Bertz CT molecular complexity index is 987. The highest BCUT2D eigenvalue weighted by atomic mass is 35.5. The number of ether oxygens (including phenoxy) is 1. The van der Waals surface area contributed by atoms with Gasteiger partial charge in [-0.3, -0.25) is 14.6 Å². The van der Waals surface area contributed by atoms with E-state index in [0.717, 1.165) is 50.1 Å². The van der Waals surface area contributed by atoms with Crippen LogP contribution in [0, 0.1) is 5.82 Å². The van der Waals surface area contributed by atoms with Gasteiger partial charge in [0.25, 0.3) is 5.91 Å². The molecule has 1 saturated heterocycles. The minimum atomic E-state index is -0.225. The van der Waals surface area contributed by atoms with Gasteiger partial charge in [0.15, 0.2) is 6.61 Å². The molecule has 0 saturated carbocycles. The van der Waals surface area contributed by atoms with Crippen LogP contribution in [-0.2, 0) is 17.9 Å². The normalized spacial score (nSPS) is 19.5. The van der Waals surface area contributed by atoms with Crippen molar-refractivity contribution in [1.29, 1.82) is 0 Å². The Hall–Kier alpha value is -2.15. The lowest BCUT2D eigenvalue weighted by Crippen LogP contribution is -2.58. The van der Waals surface area contributed by atoms with Crippen LogP contribution < -0.4 is 4.74 Å². The number of piperazine rings is 1. The molecule has 1 amide bonds. The van der Waals surface area contributed by atoms with Gasteiger partial charge in [-0.2, -0.15) is 0 Å². The molecule has 1 heterocycles. The molecule has 1 aliphatic rings. The van der Waals surface area contributed by atoms with E-state index in [1.54, 1.807) is 0 Å². The van der Waals surface area contributed by atoms with Crippen molar-refractivity contribution in [3.63, 3.8) is 0 Å². The van der Waals surface area contributed by atoms with Crippen LogP contribution >= 0.6 is 11.6 Å². The Morgan fingerprint density at radius 2 is 1.86 bits per heavy atom. The van der Waals surface area contributed by atoms with Crippen LogP contribution in [0.25, 0.3) is 0 Å². The summed E-state index contributed by atoms with van der Waals surface area (Å²) < 4.78 is 19.3. The van der Waals surface area contributed by atoms with Crippen LogP contribution in [0.4, 0.5) is 4.39 Å². The maximum Gasteiger partial charge on any atom is 0.260 e. The molecule has 1 aliphatic heterocycles. The zero-order chi connectivity index (χ0) is 26.2. The summed E-state index contributed by atoms with van der Waals surface area (Å²) in [7, 11) is 0. The second kappa shape index (κ2) is 13.4. The molecule has 5 nitrogen and oxygen atoms in total. The molecule has 3 rings (SSSR count). The molecule has 3 atom stereocenters. The molecule has 0 spiro atoms. The number of hydrogen-bond donors (Lipinski definition) is 0. The first-order chi connectivity index (χ1) is 17.2. The Morgan fingerprint density at radius 1 is 1.14 bits per heavy atom. The first-order valence-corrected chi connectivity index (χ1v) is 13.5. The Balaban J connectivity index is 1.61. The first-order valence-electron chi connectivity index (χ1n) is 13.1. The molecule has 0 radical (unpaired) electrons. The number of benzene rings is 2. The van der Waals surface area contributed by atoms with E-state index in [2.05, 4.69) is 44.4 Å². The smallest absolute Gasteiger partial charge is 0.260 e. The van der Waals surface area contributed by atoms with Crippen LogP contribution in [0.3, 0.4) is 0 Å². The summed E-state index contributed by atoms with van der Waals surface area (Å²) in [6, 6.07) is 13.0. The van der Waals surface area contributed by atoms with Crippen LogP contribution in [0.15, 0.2) is 42.5 Å². The lowest BCUT2D eigenvalue weighted by atomic mass is 10.1. The molecule has 0 aliphatic carbocycles. The average molecular weight is 518 g/mol. The zero-order valence-corrected chi connectivity index (χ0v) is 23.1. The van der Waals surface area contributed by atoms with E-state index in [-0.39, 0.29) is 30.4 Å². The molecule has 1 fully saturated rings. The fourth-order valence-electron chi connectivity index (χ4n) is 5.02. The average Bonchev–Trinajstić information content (AvgIpc) is 2.85. The highest BCUT2D eigenvalue weighted by molar-refractivity contribution is 6.30. The minimum Gasteiger partial charge on any atom is -0.483 e. The maximum atomic E-state index is 13.3. The van der Waals surface area contributed by atoms with Gasteiger partial charge in [0.2, 0.25) is 0 Å². The molecular weight excluding hydrogens is 477 g/mol. The minimum absolute atomic E-state index is 0.000291. The predicted octanol–water partition coefficient (Wildman–Crippen LogP) is 5.99. The summed E-state index contributed by atoms with van der Waals surface area (Å²) in [5.74, 6) is 0.478. The van der Waals surface area contributed by atoms with E-state index >= 15 is 0 Å². The number of carbonyl (C=O) groups is 1. The molecule has 198 valence electrons. The molecule has 0 bridgehead atoms. The SMILES string of the molecule is CCCC(C)N(CC)Cc1cc(Cl)ccc1OCC(=O)N1CC(C)N(Cc2ccc(F)cc2)CC1C. The molecule has 2 aromatic rings. The van der Waals surface area contributed by atoms with Crippen molar-refractivity contribution in [1.82, 2.24) is 14.7 Å². The Labute approximate surface area is 221 Å². The van der Waals surface area contributed by atoms with Gasteiger partial charge in [0.05, 0.1) is 0 Å². The van der Waals surface area contributed by atoms with Crippen molar-refractivity contribution in [2.75, 3.05) is 26.2 Å². The molecule has 2 aromatic carbocycles. The van der Waals surface area contributed by atoms with Crippen LogP contribution in [0.5, 0.6) is 5.75 Å². The summed E-state index contributed by atoms with van der Waals surface area (Å²) in [4.78, 5) is 19.9. The van der Waals surface area contributed by atoms with Gasteiger partial charge in [-0.15, -0.1) is 0 Å². The van der Waals surface area contributed by atoms with Gasteiger partial charge in [-0.05, 0) is 69.6 Å². The van der Waals surface area contributed by atoms with Crippen LogP contribution in [0.1, 0.15) is 58.6 Å². The third-order valence-corrected chi connectivity index (χ3v) is 7.45. The van der Waals surface area contributed by atoms with E-state index in [9.17, 15) is 9.18 Å². The number of amides is 1. The fourth-order valence-corrected chi connectivity index (χ4v) is 5.22. The van der Waals surface area contributed by atoms with Crippen LogP contribution in [0.2, 0.25) is 5.02 Å². The molecule has 36 heavy (non-hydrogen) atoms. The second-order valence-electron chi connectivity index (χ2n) is 10.0. The lowest BCUT2D eigenvalue weighted by Gasteiger charge is -2.44. The Morgan fingerprint density at radius 3 is 2.53 bits per heavy atom. The van der Waals surface area contributed by atoms with Gasteiger partial charge in [0, 0.05) is 54.9 Å². The van der Waals surface area contributed by atoms with E-state index in [4.69, 9.17) is 16.3 Å². The van der Waals surface area contributed by atoms with Crippen molar-refractivity contribution in [3.8, 4) is 5.75 Å². The summed E-state index contributed by atoms with van der Waals surface area (Å²) in [6.07, 6.45) is 2.27. The number of rotatable bonds is 11. The fraction of sp³-hybridized carbons (Fsp3) is 0.552. The van der Waals surface area contributed by atoms with Crippen molar-refractivity contribution in [2.45, 2.75) is 78.7 Å². The third-order valence-electron chi connectivity index (χ3n) is 7.22. The summed E-state index contributed by atoms with van der Waals surface area (Å²) in [5, 5.41) is 0.669. The maximum absolute atomic E-state index is 13.3. The highest BCUT2D eigenvalue weighted by Gasteiger charge is 2.32. The number of hydrogen-bond acceptors (Lipinski definition) is 4. The first kappa shape index (κ1) is 28.4. The predicted molar refractivity (Wildman–Crippen MR) is 145 cm³/mol. The third kappa shape index (κ3) is 7.67. The van der Waals surface area contributed by atoms with Crippen molar-refractivity contribution in [3.05, 3.63) is 64.4 Å². The summed E-state index contributed by atoms with van der Waals surface area (Å²) >= 11 is 6.31. The number of nitrogens with zero attached hydrogens (tertiary/aromatic N) is 3. The molecular formula is C29H41ClFN3O2. The second-order valence-corrected chi connectivity index (χ2v) is 10.5. The Kier molecular flexibility index (Phi) is 10.6. The van der Waals surface area contributed by atoms with Gasteiger partial charge in [0.1, 0.15) is 11.6 Å². The topological polar surface area (TPSA) is 36.0 Å². The monoisotopic (exact) mass is 517 g/mol. The quantitative estimate of drug-likeness (QED) is 0.367. The number of halogens is 2. The van der Waals surface area contributed by atoms with E-state index in [1.165, 1.54) is 12.1 Å². The van der Waals surface area contributed by atoms with Crippen molar-refractivity contribution < 1.29 is 13.9 Å². The molecule has 3 unspecified atom stereocenters. The van der Waals surface area contributed by atoms with Gasteiger partial charge in [-0.1, -0.05) is 44.0 Å². The van der Waals surface area contributed by atoms with Gasteiger partial charge in [-0.25, -0.2) is 4.39 Å². The highest BCUT2D eigenvalue weighted by Crippen LogP contribution is 2.26. The number of carbonyl (C=O) groups excluding carboxylic acids is 1. The van der Waals surface area contributed by atoms with Crippen molar-refractivity contribution in [2.24, 2.45) is 0 Å². The summed E-state index contributed by atoms with van der Waals surface area (Å²) in [5.41, 5.74) is 2.08.